The van der Waals surface area contributed by atoms with Gasteiger partial charge in [0, 0.05) is 31.0 Å². The summed E-state index contributed by atoms with van der Waals surface area (Å²) < 4.78 is 0. The third-order valence-corrected chi connectivity index (χ3v) is 4.93. The lowest BCUT2D eigenvalue weighted by Gasteiger charge is -2.19. The van der Waals surface area contributed by atoms with E-state index >= 15 is 0 Å². The van der Waals surface area contributed by atoms with Crippen molar-refractivity contribution in [3.8, 4) is 11.3 Å². The van der Waals surface area contributed by atoms with Crippen molar-refractivity contribution < 1.29 is 0 Å². The Labute approximate surface area is 128 Å². The van der Waals surface area contributed by atoms with Gasteiger partial charge in [-0.25, -0.2) is 4.98 Å². The molecule has 2 unspecified atom stereocenters. The molecule has 5 rings (SSSR count). The van der Waals surface area contributed by atoms with E-state index in [1.165, 1.54) is 17.5 Å². The fourth-order valence-corrected chi connectivity index (χ4v) is 3.87. The van der Waals surface area contributed by atoms with E-state index in [2.05, 4.69) is 27.4 Å². The van der Waals surface area contributed by atoms with Crippen LogP contribution in [0.25, 0.3) is 22.3 Å². The van der Waals surface area contributed by atoms with Crippen LogP contribution in [0, 0.1) is 0 Å². The van der Waals surface area contributed by atoms with E-state index in [-0.39, 0.29) is 0 Å². The van der Waals surface area contributed by atoms with Gasteiger partial charge in [0.2, 0.25) is 0 Å². The molecule has 0 spiro atoms. The van der Waals surface area contributed by atoms with E-state index in [9.17, 15) is 0 Å². The molecule has 1 aliphatic carbocycles. The van der Waals surface area contributed by atoms with Gasteiger partial charge in [-0.1, -0.05) is 0 Å². The van der Waals surface area contributed by atoms with Gasteiger partial charge in [-0.15, -0.1) is 0 Å². The number of benzene rings is 1. The predicted octanol–water partition coefficient (Wildman–Crippen LogP) is 2.87. The largest absolute Gasteiger partial charge is 0.316 e. The molecular weight excluding hydrogens is 272 g/mol. The molecule has 1 aromatic carbocycles. The number of pyridine rings is 1. The number of aromatic nitrogens is 3. The van der Waals surface area contributed by atoms with Crippen molar-refractivity contribution in [3.63, 3.8) is 0 Å². The van der Waals surface area contributed by atoms with E-state index < -0.39 is 0 Å². The Bertz CT molecular complexity index is 860. The Morgan fingerprint density at radius 1 is 1.00 bits per heavy atom. The molecule has 3 heterocycles. The summed E-state index contributed by atoms with van der Waals surface area (Å²) in [5, 5.41) is 3.54. The van der Waals surface area contributed by atoms with E-state index in [0.29, 0.717) is 11.8 Å². The van der Waals surface area contributed by atoms with Crippen molar-refractivity contribution in [2.45, 2.75) is 18.3 Å². The van der Waals surface area contributed by atoms with E-state index in [1.807, 2.05) is 24.5 Å². The first-order chi connectivity index (χ1) is 10.9. The lowest BCUT2D eigenvalue weighted by Crippen LogP contribution is -2.28. The van der Waals surface area contributed by atoms with Crippen LogP contribution in [-0.4, -0.2) is 28.0 Å². The highest BCUT2D eigenvalue weighted by Gasteiger charge is 2.34. The molecule has 1 aliphatic heterocycles. The van der Waals surface area contributed by atoms with Crippen LogP contribution < -0.4 is 5.32 Å². The highest BCUT2D eigenvalue weighted by molar-refractivity contribution is 5.79. The summed E-state index contributed by atoms with van der Waals surface area (Å²) in [5.41, 5.74) is 6.84. The second-order valence-corrected chi connectivity index (χ2v) is 6.25. The fraction of sp³-hybridized carbons (Fsp3) is 0.278. The summed E-state index contributed by atoms with van der Waals surface area (Å²) in [6.07, 6.45) is 6.73. The van der Waals surface area contributed by atoms with Crippen LogP contribution in [0.3, 0.4) is 0 Å². The zero-order valence-corrected chi connectivity index (χ0v) is 12.2. The summed E-state index contributed by atoms with van der Waals surface area (Å²) in [7, 11) is 0. The Hall–Kier alpha value is -2.33. The smallest absolute Gasteiger partial charge is 0.0908 e. The Morgan fingerprint density at radius 2 is 1.82 bits per heavy atom. The van der Waals surface area contributed by atoms with Gasteiger partial charge in [-0.05, 0) is 53.6 Å². The maximum Gasteiger partial charge on any atom is 0.0908 e. The number of fused-ring (bicyclic) bond motifs is 6. The molecule has 2 aromatic heterocycles. The summed E-state index contributed by atoms with van der Waals surface area (Å²) in [6, 6.07) is 8.46. The summed E-state index contributed by atoms with van der Waals surface area (Å²) in [5.74, 6) is 1.29. The number of piperidine rings is 1. The summed E-state index contributed by atoms with van der Waals surface area (Å²) >= 11 is 0. The molecule has 0 saturated carbocycles. The highest BCUT2D eigenvalue weighted by atomic mass is 14.9. The molecule has 2 atom stereocenters. The van der Waals surface area contributed by atoms with Crippen LogP contribution in [0.5, 0.6) is 0 Å². The number of rotatable bonds is 1. The van der Waals surface area contributed by atoms with Crippen molar-refractivity contribution in [2.24, 2.45) is 0 Å². The van der Waals surface area contributed by atoms with E-state index in [1.54, 1.807) is 6.20 Å². The fourth-order valence-electron chi connectivity index (χ4n) is 3.87. The topological polar surface area (TPSA) is 50.7 Å². The lowest BCUT2D eigenvalue weighted by atomic mass is 9.98. The number of hydrogen-bond donors (Lipinski definition) is 1. The molecule has 1 fully saturated rings. The normalized spacial score (nSPS) is 22.7. The van der Waals surface area contributed by atoms with Crippen LogP contribution >= 0.6 is 0 Å². The first-order valence-corrected chi connectivity index (χ1v) is 7.80. The van der Waals surface area contributed by atoms with Crippen molar-refractivity contribution in [2.75, 3.05) is 13.1 Å². The van der Waals surface area contributed by atoms with Gasteiger partial charge in [0.25, 0.3) is 0 Å². The average Bonchev–Trinajstić information content (AvgIpc) is 2.83. The molecular formula is C18H16N4. The number of nitrogens with zero attached hydrogens (tertiary/aromatic N) is 3. The third kappa shape index (κ3) is 1.77. The number of nitrogens with one attached hydrogen (secondary N) is 1. The van der Waals surface area contributed by atoms with E-state index in [4.69, 9.17) is 4.98 Å². The van der Waals surface area contributed by atoms with Gasteiger partial charge in [-0.2, -0.15) is 0 Å². The maximum absolute atomic E-state index is 4.81. The molecule has 3 aromatic rings. The molecule has 1 N–H and O–H groups in total. The maximum atomic E-state index is 4.81. The quantitative estimate of drug-likeness (QED) is 0.748. The second kappa shape index (κ2) is 4.58. The zero-order valence-electron chi connectivity index (χ0n) is 12.2. The standard InChI is InChI=1S/C18H16N4/c1-2-11(7-19-3-1)18-10-21-16-5-14-12-4-13(9-20-8-12)15(14)6-17(16)22-18/h1-3,5-7,10,12-13,20H,4,8-9H2. The van der Waals surface area contributed by atoms with Crippen LogP contribution in [0.4, 0.5) is 0 Å². The first kappa shape index (κ1) is 12.2. The molecule has 1 saturated heterocycles. The van der Waals surface area contributed by atoms with Crippen molar-refractivity contribution in [1.82, 2.24) is 20.3 Å². The van der Waals surface area contributed by atoms with Crippen LogP contribution in [0.15, 0.2) is 42.9 Å². The second-order valence-electron chi connectivity index (χ2n) is 6.25. The molecule has 4 heteroatoms. The monoisotopic (exact) mass is 288 g/mol. The minimum Gasteiger partial charge on any atom is -0.316 e. The minimum absolute atomic E-state index is 0.641. The summed E-state index contributed by atoms with van der Waals surface area (Å²) in [4.78, 5) is 13.6. The van der Waals surface area contributed by atoms with Gasteiger partial charge >= 0.3 is 0 Å². The summed E-state index contributed by atoms with van der Waals surface area (Å²) in [6.45, 7) is 2.18. The van der Waals surface area contributed by atoms with E-state index in [0.717, 1.165) is 35.4 Å². The van der Waals surface area contributed by atoms with Gasteiger partial charge in [-0.3, -0.25) is 9.97 Å². The Morgan fingerprint density at radius 3 is 2.59 bits per heavy atom. The van der Waals surface area contributed by atoms with Gasteiger partial charge in [0.1, 0.15) is 0 Å². The molecule has 2 aliphatic rings. The Kier molecular flexibility index (Phi) is 2.55. The molecule has 4 nitrogen and oxygen atoms in total. The van der Waals surface area contributed by atoms with Gasteiger partial charge < -0.3 is 5.32 Å². The minimum atomic E-state index is 0.641. The predicted molar refractivity (Wildman–Crippen MR) is 85.7 cm³/mol. The Balaban J connectivity index is 1.68. The van der Waals surface area contributed by atoms with Crippen LogP contribution in [-0.2, 0) is 0 Å². The SMILES string of the molecule is c1cncc(-c2cnc3cc4c(cc3n2)C2CNCC4C2)c1. The van der Waals surface area contributed by atoms with Crippen molar-refractivity contribution >= 4 is 11.0 Å². The molecule has 0 amide bonds. The molecule has 108 valence electrons. The third-order valence-electron chi connectivity index (χ3n) is 4.93. The zero-order chi connectivity index (χ0) is 14.5. The van der Waals surface area contributed by atoms with Gasteiger partial charge in [0.05, 0.1) is 22.9 Å². The van der Waals surface area contributed by atoms with Crippen LogP contribution in [0.1, 0.15) is 29.4 Å². The molecule has 0 radical (unpaired) electrons. The lowest BCUT2D eigenvalue weighted by molar-refractivity contribution is 0.454. The number of hydrogen-bond acceptors (Lipinski definition) is 4. The van der Waals surface area contributed by atoms with Crippen molar-refractivity contribution in [1.29, 1.82) is 0 Å². The molecule has 2 bridgehead atoms. The van der Waals surface area contributed by atoms with Crippen LogP contribution in [0.2, 0.25) is 0 Å². The first-order valence-electron chi connectivity index (χ1n) is 7.80. The average molecular weight is 288 g/mol. The highest BCUT2D eigenvalue weighted by Crippen LogP contribution is 2.44. The van der Waals surface area contributed by atoms with Gasteiger partial charge in [0.15, 0.2) is 0 Å². The molecule has 22 heavy (non-hydrogen) atoms. The van der Waals surface area contributed by atoms with Crippen molar-refractivity contribution in [3.05, 3.63) is 54.0 Å².